The summed E-state index contributed by atoms with van der Waals surface area (Å²) in [4.78, 5) is 13.9. The van der Waals surface area contributed by atoms with E-state index in [1.807, 2.05) is 0 Å². The van der Waals surface area contributed by atoms with E-state index in [9.17, 15) is 13.6 Å². The molecule has 0 unspecified atom stereocenters. The Balaban J connectivity index is 3.28. The smallest absolute Gasteiger partial charge is 0.307 e. The first-order valence-corrected chi connectivity index (χ1v) is 3.96. The molecule has 0 aliphatic carbocycles. The summed E-state index contributed by atoms with van der Waals surface area (Å²) in [5.74, 6) is -1.40. The van der Waals surface area contributed by atoms with Gasteiger partial charge in [-0.15, -0.1) is 0 Å². The molecule has 5 nitrogen and oxygen atoms in total. The van der Waals surface area contributed by atoms with Gasteiger partial charge in [0.25, 0.3) is 6.43 Å². The largest absolute Gasteiger partial charge is 0.481 e. The number of aromatic nitrogens is 1. The molecule has 1 aromatic heterocycles. The number of pyridine rings is 1. The molecule has 0 amide bonds. The fourth-order valence-corrected chi connectivity index (χ4v) is 1.13. The van der Waals surface area contributed by atoms with Crippen LogP contribution in [0.3, 0.4) is 0 Å². The van der Waals surface area contributed by atoms with Gasteiger partial charge < -0.3 is 16.6 Å². The van der Waals surface area contributed by atoms with Crippen molar-refractivity contribution in [1.82, 2.24) is 4.98 Å². The number of halogens is 2. The number of nitrogen functional groups attached to an aromatic ring is 2. The Kier molecular flexibility index (Phi) is 3.03. The van der Waals surface area contributed by atoms with Crippen LogP contribution in [-0.4, -0.2) is 16.1 Å². The number of alkyl halides is 2. The molecule has 7 heteroatoms. The van der Waals surface area contributed by atoms with Crippen molar-refractivity contribution in [3.05, 3.63) is 17.3 Å². The number of nitrogens with zero attached hydrogens (tertiary/aromatic N) is 1. The van der Waals surface area contributed by atoms with Gasteiger partial charge in [0.2, 0.25) is 0 Å². The molecular formula is C8H9F2N3O2. The second-order valence-electron chi connectivity index (χ2n) is 2.86. The minimum Gasteiger partial charge on any atom is -0.481 e. The Bertz CT molecular complexity index is 396. The molecule has 1 heterocycles. The average molecular weight is 217 g/mol. The van der Waals surface area contributed by atoms with Crippen LogP contribution < -0.4 is 11.5 Å². The highest BCUT2D eigenvalue weighted by Gasteiger charge is 2.19. The van der Waals surface area contributed by atoms with E-state index in [2.05, 4.69) is 4.98 Å². The second-order valence-corrected chi connectivity index (χ2v) is 2.86. The zero-order valence-electron chi connectivity index (χ0n) is 7.58. The topological polar surface area (TPSA) is 102 Å². The standard InChI is InChI=1S/C8H9F2N3O2/c9-7(10)4-2-13-8(12)6(11)3(4)1-5(14)15/h2,7H,1,11H2,(H2,12,13)(H,14,15). The van der Waals surface area contributed by atoms with E-state index in [0.717, 1.165) is 6.20 Å². The Morgan fingerprint density at radius 3 is 2.60 bits per heavy atom. The number of anilines is 2. The summed E-state index contributed by atoms with van der Waals surface area (Å²) < 4.78 is 24.9. The minimum absolute atomic E-state index is 0.143. The van der Waals surface area contributed by atoms with Crippen molar-refractivity contribution >= 4 is 17.5 Å². The maximum atomic E-state index is 12.5. The Labute approximate surface area is 83.7 Å². The van der Waals surface area contributed by atoms with E-state index in [1.54, 1.807) is 0 Å². The molecular weight excluding hydrogens is 208 g/mol. The number of carboxylic acids is 1. The predicted octanol–water partition coefficient (Wildman–Crippen LogP) is 0.811. The molecule has 5 N–H and O–H groups in total. The van der Waals surface area contributed by atoms with Crippen LogP contribution in [0.2, 0.25) is 0 Å². The second kappa shape index (κ2) is 4.07. The van der Waals surface area contributed by atoms with Crippen molar-refractivity contribution in [3.8, 4) is 0 Å². The molecule has 0 spiro atoms. The third-order valence-corrected chi connectivity index (χ3v) is 1.86. The normalized spacial score (nSPS) is 10.6. The lowest BCUT2D eigenvalue weighted by Gasteiger charge is -2.10. The molecule has 0 aliphatic heterocycles. The fraction of sp³-hybridized carbons (Fsp3) is 0.250. The van der Waals surface area contributed by atoms with Gasteiger partial charge in [-0.1, -0.05) is 0 Å². The molecule has 0 atom stereocenters. The van der Waals surface area contributed by atoms with Crippen LogP contribution in [0, 0.1) is 0 Å². The van der Waals surface area contributed by atoms with Crippen LogP contribution in [-0.2, 0) is 11.2 Å². The molecule has 82 valence electrons. The zero-order chi connectivity index (χ0) is 11.6. The zero-order valence-corrected chi connectivity index (χ0v) is 7.58. The molecule has 0 radical (unpaired) electrons. The summed E-state index contributed by atoms with van der Waals surface area (Å²) in [5, 5.41) is 8.53. The van der Waals surface area contributed by atoms with Crippen molar-refractivity contribution in [2.45, 2.75) is 12.8 Å². The first-order valence-electron chi connectivity index (χ1n) is 3.96. The van der Waals surface area contributed by atoms with Gasteiger partial charge >= 0.3 is 5.97 Å². The molecule has 1 rings (SSSR count). The molecule has 0 saturated carbocycles. The van der Waals surface area contributed by atoms with Gasteiger partial charge in [0.1, 0.15) is 5.82 Å². The lowest BCUT2D eigenvalue weighted by molar-refractivity contribution is -0.136. The van der Waals surface area contributed by atoms with Crippen LogP contribution >= 0.6 is 0 Å². The molecule has 0 aliphatic rings. The van der Waals surface area contributed by atoms with E-state index in [4.69, 9.17) is 16.6 Å². The third kappa shape index (κ3) is 2.30. The third-order valence-electron chi connectivity index (χ3n) is 1.86. The summed E-state index contributed by atoms with van der Waals surface area (Å²) in [6.45, 7) is 0. The Morgan fingerprint density at radius 2 is 2.13 bits per heavy atom. The van der Waals surface area contributed by atoms with E-state index in [0.29, 0.717) is 0 Å². The number of hydrogen-bond donors (Lipinski definition) is 3. The number of carboxylic acid groups (broad SMARTS) is 1. The average Bonchev–Trinajstić information content (AvgIpc) is 2.12. The lowest BCUT2D eigenvalue weighted by atomic mass is 10.1. The summed E-state index contributed by atoms with van der Waals surface area (Å²) in [6, 6.07) is 0. The number of carbonyl (C=O) groups is 1. The van der Waals surface area contributed by atoms with Crippen LogP contribution in [0.4, 0.5) is 20.3 Å². The molecule has 0 fully saturated rings. The maximum Gasteiger partial charge on any atom is 0.307 e. The molecule has 1 aromatic rings. The van der Waals surface area contributed by atoms with Crippen molar-refractivity contribution in [1.29, 1.82) is 0 Å². The Morgan fingerprint density at radius 1 is 1.53 bits per heavy atom. The summed E-state index contributed by atoms with van der Waals surface area (Å²) in [5.41, 5.74) is 9.81. The van der Waals surface area contributed by atoms with Gasteiger partial charge in [0, 0.05) is 17.3 Å². The van der Waals surface area contributed by atoms with E-state index in [-0.39, 0.29) is 17.1 Å². The molecule has 15 heavy (non-hydrogen) atoms. The van der Waals surface area contributed by atoms with Crippen LogP contribution in [0.15, 0.2) is 6.20 Å². The van der Waals surface area contributed by atoms with E-state index < -0.39 is 24.4 Å². The van der Waals surface area contributed by atoms with Crippen LogP contribution in [0.25, 0.3) is 0 Å². The first-order chi connectivity index (χ1) is 6.93. The summed E-state index contributed by atoms with van der Waals surface area (Å²) in [7, 11) is 0. The highest BCUT2D eigenvalue weighted by atomic mass is 19.3. The number of rotatable bonds is 3. The van der Waals surface area contributed by atoms with Crippen molar-refractivity contribution < 1.29 is 18.7 Å². The van der Waals surface area contributed by atoms with Crippen molar-refractivity contribution in [3.63, 3.8) is 0 Å². The maximum absolute atomic E-state index is 12.5. The monoisotopic (exact) mass is 217 g/mol. The van der Waals surface area contributed by atoms with Gasteiger partial charge in [-0.2, -0.15) is 0 Å². The van der Waals surface area contributed by atoms with Crippen molar-refractivity contribution in [2.24, 2.45) is 0 Å². The highest BCUT2D eigenvalue weighted by Crippen LogP contribution is 2.29. The van der Waals surface area contributed by atoms with Crippen molar-refractivity contribution in [2.75, 3.05) is 11.5 Å². The van der Waals surface area contributed by atoms with Gasteiger partial charge in [-0.05, 0) is 0 Å². The number of hydrogen-bond acceptors (Lipinski definition) is 4. The molecule has 0 aromatic carbocycles. The van der Waals surface area contributed by atoms with Gasteiger partial charge in [0.05, 0.1) is 12.1 Å². The van der Waals surface area contributed by atoms with Gasteiger partial charge in [0.15, 0.2) is 0 Å². The van der Waals surface area contributed by atoms with Crippen LogP contribution in [0.1, 0.15) is 17.6 Å². The first kappa shape index (κ1) is 11.2. The quantitative estimate of drug-likeness (QED) is 0.695. The van der Waals surface area contributed by atoms with Gasteiger partial charge in [-0.25, -0.2) is 13.8 Å². The Hall–Kier alpha value is -1.92. The summed E-state index contributed by atoms with van der Waals surface area (Å²) in [6.07, 6.45) is -2.58. The lowest BCUT2D eigenvalue weighted by Crippen LogP contribution is -2.11. The molecule has 0 saturated heterocycles. The highest BCUT2D eigenvalue weighted by molar-refractivity contribution is 5.76. The van der Waals surface area contributed by atoms with Gasteiger partial charge in [-0.3, -0.25) is 4.79 Å². The fourth-order valence-electron chi connectivity index (χ4n) is 1.13. The van der Waals surface area contributed by atoms with E-state index >= 15 is 0 Å². The number of nitrogens with two attached hydrogens (primary N) is 2. The predicted molar refractivity (Wildman–Crippen MR) is 49.4 cm³/mol. The van der Waals surface area contributed by atoms with E-state index in [1.165, 1.54) is 0 Å². The molecule has 0 bridgehead atoms. The SMILES string of the molecule is Nc1ncc(C(F)F)c(CC(=O)O)c1N. The summed E-state index contributed by atoms with van der Waals surface area (Å²) >= 11 is 0. The number of aliphatic carboxylic acids is 1. The minimum atomic E-state index is -2.82. The van der Waals surface area contributed by atoms with Crippen LogP contribution in [0.5, 0.6) is 0 Å².